The molecule has 3 aliphatic rings. The van der Waals surface area contributed by atoms with Crippen LogP contribution >= 0.6 is 0 Å². The smallest absolute Gasteiger partial charge is 0.0366 e. The van der Waals surface area contributed by atoms with Crippen LogP contribution in [0, 0.1) is 11.8 Å². The van der Waals surface area contributed by atoms with Crippen LogP contribution in [0.25, 0.3) is 0 Å². The number of piperidine rings is 1. The molecule has 0 unspecified atom stereocenters. The summed E-state index contributed by atoms with van der Waals surface area (Å²) >= 11 is 0. The number of fused-ring (bicyclic) bond motifs is 1. The van der Waals surface area contributed by atoms with Crippen molar-refractivity contribution in [2.45, 2.75) is 50.6 Å². The summed E-state index contributed by atoms with van der Waals surface area (Å²) in [4.78, 5) is 2.54. The van der Waals surface area contributed by atoms with E-state index in [0.29, 0.717) is 0 Å². The van der Waals surface area contributed by atoms with Gasteiger partial charge in [-0.2, -0.15) is 0 Å². The van der Waals surface area contributed by atoms with Gasteiger partial charge in [0, 0.05) is 30.9 Å². The van der Waals surface area contributed by atoms with Gasteiger partial charge in [0.05, 0.1) is 0 Å². The Balaban J connectivity index is 1.29. The van der Waals surface area contributed by atoms with Crippen molar-refractivity contribution in [3.8, 4) is 0 Å². The SMILES string of the molecule is c1ccc(N2CCC(N[C@@H]3CCC[C@H]4C[C@H]43)CC2)cc1. The second kappa shape index (κ2) is 5.40. The Labute approximate surface area is 122 Å². The minimum atomic E-state index is 0.763. The molecule has 1 aromatic rings. The molecular weight excluding hydrogens is 244 g/mol. The van der Waals surface area contributed by atoms with Gasteiger partial charge in [0.2, 0.25) is 0 Å². The molecule has 1 saturated heterocycles. The quantitative estimate of drug-likeness (QED) is 0.905. The third kappa shape index (κ3) is 2.58. The van der Waals surface area contributed by atoms with Gasteiger partial charge >= 0.3 is 0 Å². The summed E-state index contributed by atoms with van der Waals surface area (Å²) in [6, 6.07) is 12.5. The molecule has 2 saturated carbocycles. The van der Waals surface area contributed by atoms with E-state index in [2.05, 4.69) is 40.5 Å². The normalized spacial score (nSPS) is 33.8. The summed E-state index contributed by atoms with van der Waals surface area (Å²) in [5.74, 6) is 2.13. The molecule has 1 aromatic carbocycles. The highest BCUT2D eigenvalue weighted by atomic mass is 15.1. The molecule has 3 fully saturated rings. The van der Waals surface area contributed by atoms with Crippen LogP contribution in [0.4, 0.5) is 5.69 Å². The van der Waals surface area contributed by atoms with Crippen LogP contribution in [-0.2, 0) is 0 Å². The fourth-order valence-electron chi connectivity index (χ4n) is 4.36. The van der Waals surface area contributed by atoms with Gasteiger partial charge in [0.25, 0.3) is 0 Å². The van der Waals surface area contributed by atoms with Gasteiger partial charge < -0.3 is 10.2 Å². The Bertz CT molecular complexity index is 436. The first-order valence-electron chi connectivity index (χ1n) is 8.46. The van der Waals surface area contributed by atoms with Gasteiger partial charge in [0.15, 0.2) is 0 Å². The van der Waals surface area contributed by atoms with Gasteiger partial charge in [-0.1, -0.05) is 31.0 Å². The number of para-hydroxylation sites is 1. The van der Waals surface area contributed by atoms with Crippen LogP contribution in [0.5, 0.6) is 0 Å². The monoisotopic (exact) mass is 270 g/mol. The van der Waals surface area contributed by atoms with Crippen LogP contribution in [0.3, 0.4) is 0 Å². The lowest BCUT2D eigenvalue weighted by atomic mass is 9.93. The molecular formula is C18H26N2. The van der Waals surface area contributed by atoms with Crippen molar-refractivity contribution in [2.75, 3.05) is 18.0 Å². The molecule has 108 valence electrons. The van der Waals surface area contributed by atoms with Crippen molar-refractivity contribution in [3.63, 3.8) is 0 Å². The Kier molecular flexibility index (Phi) is 3.43. The zero-order chi connectivity index (χ0) is 13.4. The third-order valence-corrected chi connectivity index (χ3v) is 5.65. The summed E-state index contributed by atoms with van der Waals surface area (Å²) in [5, 5.41) is 3.99. The summed E-state index contributed by atoms with van der Waals surface area (Å²) in [7, 11) is 0. The van der Waals surface area contributed by atoms with E-state index in [1.54, 1.807) is 0 Å². The Morgan fingerprint density at radius 1 is 0.950 bits per heavy atom. The number of anilines is 1. The van der Waals surface area contributed by atoms with Crippen LogP contribution in [0.1, 0.15) is 38.5 Å². The minimum absolute atomic E-state index is 0.763. The van der Waals surface area contributed by atoms with Crippen LogP contribution < -0.4 is 10.2 Å². The average Bonchev–Trinajstić information content (AvgIpc) is 3.30. The molecule has 20 heavy (non-hydrogen) atoms. The number of hydrogen-bond acceptors (Lipinski definition) is 2. The number of nitrogens with one attached hydrogen (secondary N) is 1. The lowest BCUT2D eigenvalue weighted by molar-refractivity contribution is 0.294. The van der Waals surface area contributed by atoms with Gasteiger partial charge in [-0.25, -0.2) is 0 Å². The first kappa shape index (κ1) is 12.7. The largest absolute Gasteiger partial charge is 0.371 e. The Hall–Kier alpha value is -1.02. The molecule has 2 heteroatoms. The van der Waals surface area contributed by atoms with Gasteiger partial charge in [-0.15, -0.1) is 0 Å². The van der Waals surface area contributed by atoms with Crippen LogP contribution in [0.2, 0.25) is 0 Å². The lowest BCUT2D eigenvalue weighted by Gasteiger charge is -2.36. The van der Waals surface area contributed by atoms with Gasteiger partial charge in [-0.05, 0) is 49.7 Å². The second-order valence-electron chi connectivity index (χ2n) is 6.96. The maximum atomic E-state index is 3.99. The molecule has 3 atom stereocenters. The fraction of sp³-hybridized carbons (Fsp3) is 0.667. The second-order valence-corrected chi connectivity index (χ2v) is 6.96. The first-order chi connectivity index (χ1) is 9.90. The Morgan fingerprint density at radius 3 is 2.55 bits per heavy atom. The number of benzene rings is 1. The molecule has 1 aliphatic heterocycles. The third-order valence-electron chi connectivity index (χ3n) is 5.65. The predicted octanol–water partition coefficient (Wildman–Crippen LogP) is 3.43. The highest BCUT2D eigenvalue weighted by Gasteiger charge is 2.45. The number of rotatable bonds is 3. The maximum Gasteiger partial charge on any atom is 0.0366 e. The molecule has 0 bridgehead atoms. The zero-order valence-electron chi connectivity index (χ0n) is 12.3. The van der Waals surface area contributed by atoms with Gasteiger partial charge in [0.1, 0.15) is 0 Å². The standard InChI is InChI=1S/C18H26N2/c1-2-6-16(7-3-1)20-11-9-15(10-12-20)19-18-8-4-5-14-13-17(14)18/h1-3,6-7,14-15,17-19H,4-5,8-13H2/t14-,17+,18+/m0/s1. The highest BCUT2D eigenvalue weighted by molar-refractivity contribution is 5.46. The van der Waals surface area contributed by atoms with E-state index in [1.807, 2.05) is 0 Å². The van der Waals surface area contributed by atoms with E-state index in [1.165, 1.54) is 57.3 Å². The van der Waals surface area contributed by atoms with Crippen molar-refractivity contribution in [3.05, 3.63) is 30.3 Å². The lowest BCUT2D eigenvalue weighted by Crippen LogP contribution is -2.47. The molecule has 0 aromatic heterocycles. The molecule has 2 nitrogen and oxygen atoms in total. The first-order valence-corrected chi connectivity index (χ1v) is 8.46. The van der Waals surface area contributed by atoms with Crippen molar-refractivity contribution in [2.24, 2.45) is 11.8 Å². The zero-order valence-corrected chi connectivity index (χ0v) is 12.3. The maximum absolute atomic E-state index is 3.99. The molecule has 4 rings (SSSR count). The average molecular weight is 270 g/mol. The Morgan fingerprint density at radius 2 is 1.75 bits per heavy atom. The van der Waals surface area contributed by atoms with E-state index in [9.17, 15) is 0 Å². The number of nitrogens with zero attached hydrogens (tertiary/aromatic N) is 1. The molecule has 1 heterocycles. The van der Waals surface area contributed by atoms with Crippen LogP contribution in [-0.4, -0.2) is 25.2 Å². The van der Waals surface area contributed by atoms with Crippen molar-refractivity contribution in [1.82, 2.24) is 5.32 Å². The molecule has 1 N–H and O–H groups in total. The van der Waals surface area contributed by atoms with Gasteiger partial charge in [-0.3, -0.25) is 0 Å². The number of hydrogen-bond donors (Lipinski definition) is 1. The van der Waals surface area contributed by atoms with Crippen molar-refractivity contribution >= 4 is 5.69 Å². The van der Waals surface area contributed by atoms with E-state index >= 15 is 0 Å². The molecule has 2 aliphatic carbocycles. The summed E-state index contributed by atoms with van der Waals surface area (Å²) in [5.41, 5.74) is 1.39. The van der Waals surface area contributed by atoms with E-state index < -0.39 is 0 Å². The summed E-state index contributed by atoms with van der Waals surface area (Å²) < 4.78 is 0. The van der Waals surface area contributed by atoms with E-state index in [0.717, 1.165) is 23.9 Å². The summed E-state index contributed by atoms with van der Waals surface area (Å²) in [6.07, 6.45) is 8.53. The molecule has 0 spiro atoms. The predicted molar refractivity (Wildman–Crippen MR) is 84.0 cm³/mol. The summed E-state index contributed by atoms with van der Waals surface area (Å²) in [6.45, 7) is 2.42. The fourth-order valence-corrected chi connectivity index (χ4v) is 4.36. The van der Waals surface area contributed by atoms with Crippen molar-refractivity contribution in [1.29, 1.82) is 0 Å². The van der Waals surface area contributed by atoms with Crippen molar-refractivity contribution < 1.29 is 0 Å². The minimum Gasteiger partial charge on any atom is -0.371 e. The topological polar surface area (TPSA) is 15.3 Å². The molecule has 0 radical (unpaired) electrons. The van der Waals surface area contributed by atoms with Crippen LogP contribution in [0.15, 0.2) is 30.3 Å². The molecule has 0 amide bonds. The highest BCUT2D eigenvalue weighted by Crippen LogP contribution is 2.49. The van der Waals surface area contributed by atoms with E-state index in [4.69, 9.17) is 0 Å². The van der Waals surface area contributed by atoms with E-state index in [-0.39, 0.29) is 0 Å².